The highest BCUT2D eigenvalue weighted by Crippen LogP contribution is 2.37. The van der Waals surface area contributed by atoms with Crippen molar-refractivity contribution in [2.75, 3.05) is 13.2 Å². The Bertz CT molecular complexity index is 1190. The number of benzene rings is 2. The van der Waals surface area contributed by atoms with E-state index in [1.807, 2.05) is 20.8 Å². The number of nitrogens with zero attached hydrogens (tertiary/aromatic N) is 3. The molecule has 1 aliphatic heterocycles. The molecule has 0 spiro atoms. The standard InChI is InChI=1S/C25H26ClFN4O3/c1-15(2)33-13-5-12-31-16(3)21(22(28-25(31)32)18-6-4-7-20(27)14-18)24-29-23(30-34-24)17-8-10-19(26)11-9-17/h4,6-11,14-15,22H,5,12-13H2,1-3H3,(H,28,32). The Hall–Kier alpha value is -3.23. The Labute approximate surface area is 202 Å². The predicted molar refractivity (Wildman–Crippen MR) is 127 cm³/mol. The summed E-state index contributed by atoms with van der Waals surface area (Å²) < 4.78 is 25.3. The second kappa shape index (κ2) is 10.4. The van der Waals surface area contributed by atoms with Gasteiger partial charge in [0, 0.05) is 29.4 Å². The van der Waals surface area contributed by atoms with Crippen molar-refractivity contribution in [3.8, 4) is 11.4 Å². The fourth-order valence-electron chi connectivity index (χ4n) is 3.85. The summed E-state index contributed by atoms with van der Waals surface area (Å²) in [6.45, 7) is 6.74. The van der Waals surface area contributed by atoms with Gasteiger partial charge in [-0.25, -0.2) is 9.18 Å². The summed E-state index contributed by atoms with van der Waals surface area (Å²) in [5, 5.41) is 7.69. The monoisotopic (exact) mass is 484 g/mol. The predicted octanol–water partition coefficient (Wildman–Crippen LogP) is 5.84. The lowest BCUT2D eigenvalue weighted by molar-refractivity contribution is 0.0736. The first kappa shape index (κ1) is 23.9. The number of rotatable bonds is 8. The van der Waals surface area contributed by atoms with Crippen LogP contribution in [0.1, 0.15) is 44.7 Å². The molecule has 2 heterocycles. The summed E-state index contributed by atoms with van der Waals surface area (Å²) in [4.78, 5) is 19.2. The highest BCUT2D eigenvalue weighted by atomic mass is 35.5. The fraction of sp³-hybridized carbons (Fsp3) is 0.320. The lowest BCUT2D eigenvalue weighted by atomic mass is 9.94. The maximum absolute atomic E-state index is 14.0. The number of carbonyl (C=O) groups is 1. The number of carbonyl (C=O) groups excluding carboxylic acids is 1. The van der Waals surface area contributed by atoms with E-state index < -0.39 is 11.9 Å². The molecule has 1 N–H and O–H groups in total. The molecule has 9 heteroatoms. The van der Waals surface area contributed by atoms with E-state index in [4.69, 9.17) is 20.9 Å². The van der Waals surface area contributed by atoms with Crippen molar-refractivity contribution in [2.45, 2.75) is 39.3 Å². The van der Waals surface area contributed by atoms with E-state index in [0.717, 1.165) is 5.56 Å². The molecular formula is C25H26ClFN4O3. The van der Waals surface area contributed by atoms with E-state index in [2.05, 4.69) is 15.5 Å². The minimum atomic E-state index is -0.648. The van der Waals surface area contributed by atoms with Crippen molar-refractivity contribution < 1.29 is 18.4 Å². The summed E-state index contributed by atoms with van der Waals surface area (Å²) in [6, 6.07) is 12.3. The van der Waals surface area contributed by atoms with E-state index >= 15 is 0 Å². The topological polar surface area (TPSA) is 80.5 Å². The van der Waals surface area contributed by atoms with Crippen LogP contribution in [0, 0.1) is 5.82 Å². The highest BCUT2D eigenvalue weighted by molar-refractivity contribution is 6.30. The molecule has 2 amide bonds. The number of aromatic nitrogens is 2. The molecule has 0 fully saturated rings. The summed E-state index contributed by atoms with van der Waals surface area (Å²) in [6.07, 6.45) is 0.769. The largest absolute Gasteiger partial charge is 0.379 e. The first-order chi connectivity index (χ1) is 16.3. The lowest BCUT2D eigenvalue weighted by Crippen LogP contribution is -2.46. The zero-order valence-electron chi connectivity index (χ0n) is 19.2. The Morgan fingerprint density at radius 3 is 2.71 bits per heavy atom. The van der Waals surface area contributed by atoms with Crippen LogP contribution in [-0.2, 0) is 4.74 Å². The molecule has 0 saturated carbocycles. The first-order valence-corrected chi connectivity index (χ1v) is 11.5. The average molecular weight is 485 g/mol. The van der Waals surface area contributed by atoms with E-state index in [9.17, 15) is 9.18 Å². The number of halogens is 2. The number of amides is 2. The van der Waals surface area contributed by atoms with Gasteiger partial charge in [0.05, 0.1) is 17.7 Å². The zero-order chi connectivity index (χ0) is 24.2. The van der Waals surface area contributed by atoms with E-state index in [1.165, 1.54) is 12.1 Å². The lowest BCUT2D eigenvalue weighted by Gasteiger charge is -2.35. The molecule has 3 aromatic rings. The molecule has 178 valence electrons. The molecule has 1 aromatic heterocycles. The normalized spacial score (nSPS) is 16.4. The minimum absolute atomic E-state index is 0.115. The van der Waals surface area contributed by atoms with E-state index in [0.29, 0.717) is 47.3 Å². The van der Waals surface area contributed by atoms with Crippen LogP contribution < -0.4 is 5.32 Å². The molecule has 34 heavy (non-hydrogen) atoms. The molecule has 0 bridgehead atoms. The summed E-state index contributed by atoms with van der Waals surface area (Å²) in [5.74, 6) is 0.239. The number of hydrogen-bond acceptors (Lipinski definition) is 5. The van der Waals surface area contributed by atoms with Gasteiger partial charge in [0.25, 0.3) is 5.89 Å². The SMILES string of the molecule is CC1=C(c2nc(-c3ccc(Cl)cc3)no2)C(c2cccc(F)c2)NC(=O)N1CCCOC(C)C. The van der Waals surface area contributed by atoms with Gasteiger partial charge in [-0.2, -0.15) is 4.98 Å². The Balaban J connectivity index is 1.71. The first-order valence-electron chi connectivity index (χ1n) is 11.1. The van der Waals surface area contributed by atoms with Crippen LogP contribution in [0.4, 0.5) is 9.18 Å². The Kier molecular flexibility index (Phi) is 7.29. The van der Waals surface area contributed by atoms with Gasteiger partial charge in [-0.15, -0.1) is 0 Å². The maximum Gasteiger partial charge on any atom is 0.322 e. The highest BCUT2D eigenvalue weighted by Gasteiger charge is 2.35. The third-order valence-electron chi connectivity index (χ3n) is 5.51. The molecule has 2 aromatic carbocycles. The second-order valence-electron chi connectivity index (χ2n) is 8.29. The number of allylic oxidation sites excluding steroid dienone is 1. The van der Waals surface area contributed by atoms with Crippen molar-refractivity contribution in [1.29, 1.82) is 0 Å². The Morgan fingerprint density at radius 1 is 1.24 bits per heavy atom. The molecule has 7 nitrogen and oxygen atoms in total. The van der Waals surface area contributed by atoms with Crippen LogP contribution in [0.15, 0.2) is 58.8 Å². The molecular weight excluding hydrogens is 459 g/mol. The van der Waals surface area contributed by atoms with Gasteiger partial charge in [-0.1, -0.05) is 28.9 Å². The fourth-order valence-corrected chi connectivity index (χ4v) is 3.98. The molecule has 4 rings (SSSR count). The third-order valence-corrected chi connectivity index (χ3v) is 5.77. The van der Waals surface area contributed by atoms with Gasteiger partial charge in [0.2, 0.25) is 5.82 Å². The maximum atomic E-state index is 14.0. The zero-order valence-corrected chi connectivity index (χ0v) is 20.0. The smallest absolute Gasteiger partial charge is 0.322 e. The quantitative estimate of drug-likeness (QED) is 0.406. The van der Waals surface area contributed by atoms with Gasteiger partial charge in [-0.05, 0) is 69.2 Å². The Morgan fingerprint density at radius 2 is 2.00 bits per heavy atom. The molecule has 1 aliphatic rings. The number of hydrogen-bond donors (Lipinski definition) is 1. The third kappa shape index (κ3) is 5.29. The van der Waals surface area contributed by atoms with Crippen LogP contribution in [0.5, 0.6) is 0 Å². The molecule has 1 unspecified atom stereocenters. The van der Waals surface area contributed by atoms with E-state index in [1.54, 1.807) is 41.3 Å². The van der Waals surface area contributed by atoms with Crippen LogP contribution in [0.3, 0.4) is 0 Å². The van der Waals surface area contributed by atoms with Gasteiger partial charge >= 0.3 is 6.03 Å². The number of ether oxygens (including phenoxy) is 1. The van der Waals surface area contributed by atoms with Crippen molar-refractivity contribution in [3.63, 3.8) is 0 Å². The molecule has 0 radical (unpaired) electrons. The molecule has 0 aliphatic carbocycles. The summed E-state index contributed by atoms with van der Waals surface area (Å²) in [5.41, 5.74) is 2.59. The van der Waals surface area contributed by atoms with Crippen molar-refractivity contribution in [3.05, 3.63) is 76.5 Å². The second-order valence-corrected chi connectivity index (χ2v) is 8.73. The van der Waals surface area contributed by atoms with Crippen LogP contribution in [0.2, 0.25) is 5.02 Å². The summed E-state index contributed by atoms with van der Waals surface area (Å²) >= 11 is 5.99. The van der Waals surface area contributed by atoms with Crippen molar-refractivity contribution >= 4 is 23.2 Å². The number of urea groups is 1. The van der Waals surface area contributed by atoms with Crippen LogP contribution >= 0.6 is 11.6 Å². The minimum Gasteiger partial charge on any atom is -0.379 e. The van der Waals surface area contributed by atoms with Gasteiger partial charge in [0.1, 0.15) is 5.82 Å². The van der Waals surface area contributed by atoms with Gasteiger partial charge in [-0.3, -0.25) is 4.90 Å². The van der Waals surface area contributed by atoms with Crippen molar-refractivity contribution in [1.82, 2.24) is 20.4 Å². The van der Waals surface area contributed by atoms with Crippen LogP contribution in [-0.4, -0.2) is 40.3 Å². The summed E-state index contributed by atoms with van der Waals surface area (Å²) in [7, 11) is 0. The van der Waals surface area contributed by atoms with E-state index in [-0.39, 0.29) is 18.0 Å². The van der Waals surface area contributed by atoms with Crippen molar-refractivity contribution in [2.24, 2.45) is 0 Å². The average Bonchev–Trinajstić information content (AvgIpc) is 3.28. The number of nitrogens with one attached hydrogen (secondary N) is 1. The molecule has 1 atom stereocenters. The molecule has 0 saturated heterocycles. The van der Waals surface area contributed by atoms with Gasteiger partial charge < -0.3 is 14.6 Å². The van der Waals surface area contributed by atoms with Crippen LogP contribution in [0.25, 0.3) is 17.0 Å². The van der Waals surface area contributed by atoms with Gasteiger partial charge in [0.15, 0.2) is 0 Å².